The van der Waals surface area contributed by atoms with Crippen molar-refractivity contribution in [2.45, 2.75) is 19.4 Å². The fourth-order valence-electron chi connectivity index (χ4n) is 0.380. The summed E-state index contributed by atoms with van der Waals surface area (Å²) in [7, 11) is 0. The molecule has 0 saturated heterocycles. The van der Waals surface area contributed by atoms with Crippen LogP contribution in [0.2, 0.25) is 0 Å². The van der Waals surface area contributed by atoms with Crippen LogP contribution in [0.4, 0.5) is 0 Å². The summed E-state index contributed by atoms with van der Waals surface area (Å²) in [6.45, 7) is 1.41. The monoisotopic (exact) mass is 115 g/mol. The lowest BCUT2D eigenvalue weighted by molar-refractivity contribution is -0.119. The van der Waals surface area contributed by atoms with Gasteiger partial charge in [0.05, 0.1) is 6.04 Å². The summed E-state index contributed by atoms with van der Waals surface area (Å²) < 4.78 is 0. The zero-order valence-corrected chi connectivity index (χ0v) is 4.76. The highest BCUT2D eigenvalue weighted by molar-refractivity contribution is 5.79. The molecule has 0 radical (unpaired) electrons. The van der Waals surface area contributed by atoms with Crippen LogP contribution in [0.1, 0.15) is 13.3 Å². The third kappa shape index (κ3) is 3.49. The molecule has 8 heavy (non-hydrogen) atoms. The molecular weight excluding hydrogens is 106 g/mol. The van der Waals surface area contributed by atoms with E-state index < -0.39 is 6.04 Å². The van der Waals surface area contributed by atoms with Gasteiger partial charge in [-0.3, -0.25) is 4.79 Å². The smallest absolute Gasteiger partial charge is 0.137 e. The Morgan fingerprint density at radius 2 is 2.38 bits per heavy atom. The Balaban J connectivity index is 3.38. The van der Waals surface area contributed by atoms with E-state index in [4.69, 9.17) is 5.73 Å². The normalized spacial score (nSPS) is 12.8. The number of aldehydes is 1. The highest BCUT2D eigenvalue weighted by Gasteiger charge is 2.01. The first-order chi connectivity index (χ1) is 3.66. The Morgan fingerprint density at radius 3 is 2.50 bits per heavy atom. The van der Waals surface area contributed by atoms with Gasteiger partial charge in [-0.25, -0.2) is 0 Å². The molecule has 0 saturated carbocycles. The van der Waals surface area contributed by atoms with Crippen LogP contribution in [-0.2, 0) is 9.59 Å². The van der Waals surface area contributed by atoms with Crippen molar-refractivity contribution >= 4 is 12.1 Å². The molecular formula is C5H9NO2. The molecule has 0 heterocycles. The van der Waals surface area contributed by atoms with Gasteiger partial charge in [-0.05, 0) is 6.92 Å². The van der Waals surface area contributed by atoms with E-state index in [9.17, 15) is 9.59 Å². The maximum atomic E-state index is 10.2. The number of carbonyl (C=O) groups excluding carboxylic acids is 2. The second kappa shape index (κ2) is 3.32. The van der Waals surface area contributed by atoms with E-state index in [0.717, 1.165) is 0 Å². The third-order valence-corrected chi connectivity index (χ3v) is 0.698. The van der Waals surface area contributed by atoms with Crippen molar-refractivity contribution in [2.75, 3.05) is 0 Å². The third-order valence-electron chi connectivity index (χ3n) is 0.698. The van der Waals surface area contributed by atoms with Gasteiger partial charge < -0.3 is 10.5 Å². The average molecular weight is 115 g/mol. The van der Waals surface area contributed by atoms with Crippen LogP contribution in [0.15, 0.2) is 0 Å². The number of nitrogens with two attached hydrogens (primary N) is 1. The van der Waals surface area contributed by atoms with Crippen molar-refractivity contribution in [3.05, 3.63) is 0 Å². The van der Waals surface area contributed by atoms with Gasteiger partial charge in [-0.15, -0.1) is 0 Å². The number of Topliss-reactive ketones (excluding diaryl/α,β-unsaturated/α-hetero) is 1. The maximum Gasteiger partial charge on any atom is 0.137 e. The van der Waals surface area contributed by atoms with E-state index in [1.54, 1.807) is 0 Å². The summed E-state index contributed by atoms with van der Waals surface area (Å²) in [4.78, 5) is 19.9. The lowest BCUT2D eigenvalue weighted by Crippen LogP contribution is -2.23. The number of ketones is 1. The Labute approximate surface area is 47.9 Å². The SMILES string of the molecule is CC(=O)C[C@H](N)C=O. The molecule has 0 aromatic heterocycles. The van der Waals surface area contributed by atoms with Gasteiger partial charge in [0.2, 0.25) is 0 Å². The Morgan fingerprint density at radius 1 is 1.88 bits per heavy atom. The van der Waals surface area contributed by atoms with Crippen LogP contribution in [0.25, 0.3) is 0 Å². The topological polar surface area (TPSA) is 60.2 Å². The number of rotatable bonds is 3. The zero-order chi connectivity index (χ0) is 6.57. The molecule has 0 rings (SSSR count). The molecule has 0 aliphatic heterocycles. The zero-order valence-electron chi connectivity index (χ0n) is 4.76. The minimum atomic E-state index is -0.604. The van der Waals surface area contributed by atoms with Gasteiger partial charge in [0.15, 0.2) is 0 Å². The van der Waals surface area contributed by atoms with E-state index in [0.29, 0.717) is 6.29 Å². The second-order valence-corrected chi connectivity index (χ2v) is 1.71. The largest absolute Gasteiger partial charge is 0.321 e. The molecule has 46 valence electrons. The molecule has 0 spiro atoms. The van der Waals surface area contributed by atoms with Crippen LogP contribution in [0, 0.1) is 0 Å². The summed E-state index contributed by atoms with van der Waals surface area (Å²) in [5.74, 6) is -0.0513. The minimum Gasteiger partial charge on any atom is -0.321 e. The summed E-state index contributed by atoms with van der Waals surface area (Å²) in [5, 5.41) is 0. The van der Waals surface area contributed by atoms with Gasteiger partial charge in [-0.2, -0.15) is 0 Å². The first-order valence-corrected chi connectivity index (χ1v) is 2.37. The summed E-state index contributed by atoms with van der Waals surface area (Å²) >= 11 is 0. The number of hydrogen-bond acceptors (Lipinski definition) is 3. The fraction of sp³-hybridized carbons (Fsp3) is 0.600. The van der Waals surface area contributed by atoms with E-state index in [-0.39, 0.29) is 12.2 Å². The Bertz CT molecular complexity index is 101. The lowest BCUT2D eigenvalue weighted by Gasteiger charge is -1.95. The van der Waals surface area contributed by atoms with Gasteiger partial charge in [0.25, 0.3) is 0 Å². The first kappa shape index (κ1) is 7.30. The molecule has 0 aliphatic carbocycles. The van der Waals surface area contributed by atoms with E-state index in [1.165, 1.54) is 6.92 Å². The molecule has 0 bridgehead atoms. The van der Waals surface area contributed by atoms with Gasteiger partial charge >= 0.3 is 0 Å². The van der Waals surface area contributed by atoms with Gasteiger partial charge in [0, 0.05) is 6.42 Å². The molecule has 0 amide bonds. The fourth-order valence-corrected chi connectivity index (χ4v) is 0.380. The predicted molar refractivity (Wildman–Crippen MR) is 29.3 cm³/mol. The van der Waals surface area contributed by atoms with Gasteiger partial charge in [-0.1, -0.05) is 0 Å². The standard InChI is InChI=1S/C5H9NO2/c1-4(8)2-5(6)3-7/h3,5H,2,6H2,1H3/t5-/m0/s1. The van der Waals surface area contributed by atoms with Crippen LogP contribution in [0.3, 0.4) is 0 Å². The molecule has 0 aromatic carbocycles. The van der Waals surface area contributed by atoms with Crippen molar-refractivity contribution in [1.82, 2.24) is 0 Å². The van der Waals surface area contributed by atoms with Crippen LogP contribution < -0.4 is 5.73 Å². The first-order valence-electron chi connectivity index (χ1n) is 2.37. The molecule has 0 unspecified atom stereocenters. The summed E-state index contributed by atoms with van der Waals surface area (Å²) in [5.41, 5.74) is 5.08. The summed E-state index contributed by atoms with van der Waals surface area (Å²) in [6.07, 6.45) is 0.727. The van der Waals surface area contributed by atoms with Crippen molar-refractivity contribution < 1.29 is 9.59 Å². The highest BCUT2D eigenvalue weighted by Crippen LogP contribution is 1.83. The van der Waals surface area contributed by atoms with Crippen molar-refractivity contribution in [2.24, 2.45) is 5.73 Å². The quantitative estimate of drug-likeness (QED) is 0.504. The van der Waals surface area contributed by atoms with Crippen molar-refractivity contribution in [1.29, 1.82) is 0 Å². The molecule has 0 fully saturated rings. The van der Waals surface area contributed by atoms with Gasteiger partial charge in [0.1, 0.15) is 12.1 Å². The molecule has 3 nitrogen and oxygen atoms in total. The summed E-state index contributed by atoms with van der Waals surface area (Å²) in [6, 6.07) is -0.604. The van der Waals surface area contributed by atoms with Crippen LogP contribution in [-0.4, -0.2) is 18.1 Å². The molecule has 1 atom stereocenters. The second-order valence-electron chi connectivity index (χ2n) is 1.71. The van der Waals surface area contributed by atoms with Crippen LogP contribution in [0.5, 0.6) is 0 Å². The number of hydrogen-bond donors (Lipinski definition) is 1. The van der Waals surface area contributed by atoms with Crippen LogP contribution >= 0.6 is 0 Å². The predicted octanol–water partition coefficient (Wildman–Crippen LogP) is -0.508. The average Bonchev–Trinajstić information content (AvgIpc) is 1.65. The minimum absolute atomic E-state index is 0.0513. The highest BCUT2D eigenvalue weighted by atomic mass is 16.1. The molecule has 2 N–H and O–H groups in total. The molecule has 0 aromatic rings. The maximum absolute atomic E-state index is 10.2. The van der Waals surface area contributed by atoms with E-state index in [2.05, 4.69) is 0 Å². The Hall–Kier alpha value is -0.700. The lowest BCUT2D eigenvalue weighted by atomic mass is 10.2. The van der Waals surface area contributed by atoms with Crippen molar-refractivity contribution in [3.63, 3.8) is 0 Å². The van der Waals surface area contributed by atoms with Crippen molar-refractivity contribution in [3.8, 4) is 0 Å². The number of carbonyl (C=O) groups is 2. The van der Waals surface area contributed by atoms with E-state index in [1.807, 2.05) is 0 Å². The molecule has 0 aliphatic rings. The molecule has 3 heteroatoms. The Kier molecular flexibility index (Phi) is 3.03. The van der Waals surface area contributed by atoms with E-state index >= 15 is 0 Å².